The molecule has 3 aromatic carbocycles. The average Bonchev–Trinajstić information content (AvgIpc) is 2.83. The fraction of sp³-hybridized carbons (Fsp3) is 0.185. The Balaban J connectivity index is 1.87. The Morgan fingerprint density at radius 2 is 1.53 bits per heavy atom. The van der Waals surface area contributed by atoms with E-state index >= 15 is 0 Å². The van der Waals surface area contributed by atoms with Crippen LogP contribution in [0, 0.1) is 0 Å². The highest BCUT2D eigenvalue weighted by atomic mass is 16.5. The number of carbonyl (C=O) groups is 1. The van der Waals surface area contributed by atoms with Crippen molar-refractivity contribution >= 4 is 16.9 Å². The second-order valence-corrected chi connectivity index (χ2v) is 7.53. The summed E-state index contributed by atoms with van der Waals surface area (Å²) in [7, 11) is 0. The summed E-state index contributed by atoms with van der Waals surface area (Å²) in [4.78, 5) is 24.7. The summed E-state index contributed by atoms with van der Waals surface area (Å²) in [5, 5.41) is 9.92. The second kappa shape index (κ2) is 10.1. The SMILES string of the molecule is CCOc1cc(OCC)cc(-n2cc(C(=O)O)c(=O)c3ccc(OCc4ccccc4)cc32)c1. The van der Waals surface area contributed by atoms with Crippen LogP contribution in [0.15, 0.2) is 77.7 Å². The first-order chi connectivity index (χ1) is 16.5. The molecule has 0 atom stereocenters. The summed E-state index contributed by atoms with van der Waals surface area (Å²) >= 11 is 0. The van der Waals surface area contributed by atoms with Gasteiger partial charge in [-0.15, -0.1) is 0 Å². The Hall–Kier alpha value is -4.26. The molecule has 4 rings (SSSR count). The van der Waals surface area contributed by atoms with Crippen molar-refractivity contribution in [1.82, 2.24) is 4.57 Å². The van der Waals surface area contributed by atoms with Gasteiger partial charge in [0.25, 0.3) is 0 Å². The van der Waals surface area contributed by atoms with Crippen molar-refractivity contribution in [2.45, 2.75) is 20.5 Å². The fourth-order valence-corrected chi connectivity index (χ4v) is 3.70. The van der Waals surface area contributed by atoms with Crippen LogP contribution in [0.1, 0.15) is 29.8 Å². The summed E-state index contributed by atoms with van der Waals surface area (Å²) < 4.78 is 19.0. The molecule has 0 unspecified atom stereocenters. The van der Waals surface area contributed by atoms with E-state index in [9.17, 15) is 14.7 Å². The number of ether oxygens (including phenoxy) is 3. The number of pyridine rings is 1. The van der Waals surface area contributed by atoms with Gasteiger partial charge in [0.2, 0.25) is 5.43 Å². The van der Waals surface area contributed by atoms with Crippen molar-refractivity contribution in [3.05, 3.63) is 94.3 Å². The van der Waals surface area contributed by atoms with Crippen molar-refractivity contribution in [2.24, 2.45) is 0 Å². The molecule has 0 saturated carbocycles. The number of aromatic carboxylic acids is 1. The summed E-state index contributed by atoms with van der Waals surface area (Å²) in [6.45, 7) is 5.02. The van der Waals surface area contributed by atoms with Crippen molar-refractivity contribution in [2.75, 3.05) is 13.2 Å². The van der Waals surface area contributed by atoms with Crippen LogP contribution in [-0.2, 0) is 6.61 Å². The van der Waals surface area contributed by atoms with Crippen LogP contribution in [0.2, 0.25) is 0 Å². The maximum absolute atomic E-state index is 12.9. The molecule has 0 saturated heterocycles. The van der Waals surface area contributed by atoms with Crippen LogP contribution >= 0.6 is 0 Å². The molecule has 1 N–H and O–H groups in total. The number of hydrogen-bond donors (Lipinski definition) is 1. The first kappa shape index (κ1) is 22.9. The average molecular weight is 459 g/mol. The molecule has 0 aliphatic carbocycles. The minimum atomic E-state index is -1.30. The van der Waals surface area contributed by atoms with E-state index in [1.54, 1.807) is 41.0 Å². The summed E-state index contributed by atoms with van der Waals surface area (Å²) in [6.07, 6.45) is 1.33. The zero-order chi connectivity index (χ0) is 24.1. The number of carboxylic acid groups (broad SMARTS) is 1. The van der Waals surface area contributed by atoms with Crippen molar-refractivity contribution in [3.8, 4) is 22.9 Å². The predicted octanol–water partition coefficient (Wildman–Crippen LogP) is 5.07. The third-order valence-electron chi connectivity index (χ3n) is 5.22. The third-order valence-corrected chi connectivity index (χ3v) is 5.22. The van der Waals surface area contributed by atoms with E-state index in [-0.39, 0.29) is 10.9 Å². The molecule has 0 amide bonds. The fourth-order valence-electron chi connectivity index (χ4n) is 3.70. The van der Waals surface area contributed by atoms with E-state index in [1.807, 2.05) is 44.2 Å². The highest BCUT2D eigenvalue weighted by molar-refractivity contribution is 5.93. The van der Waals surface area contributed by atoms with Crippen LogP contribution in [0.4, 0.5) is 0 Å². The molecule has 174 valence electrons. The molecule has 1 heterocycles. The van der Waals surface area contributed by atoms with E-state index in [4.69, 9.17) is 14.2 Å². The van der Waals surface area contributed by atoms with Gasteiger partial charge in [-0.05, 0) is 31.5 Å². The van der Waals surface area contributed by atoms with Gasteiger partial charge >= 0.3 is 5.97 Å². The maximum atomic E-state index is 12.9. The number of aromatic nitrogens is 1. The lowest BCUT2D eigenvalue weighted by atomic mass is 10.1. The lowest BCUT2D eigenvalue weighted by Crippen LogP contribution is -2.18. The quantitative estimate of drug-likeness (QED) is 0.376. The Bertz CT molecular complexity index is 1350. The summed E-state index contributed by atoms with van der Waals surface area (Å²) in [6, 6.07) is 20.1. The van der Waals surface area contributed by atoms with Crippen LogP contribution in [-0.4, -0.2) is 28.9 Å². The Labute approximate surface area is 196 Å². The summed E-state index contributed by atoms with van der Waals surface area (Å²) in [5.41, 5.74) is 1.23. The van der Waals surface area contributed by atoms with Crippen LogP contribution < -0.4 is 19.6 Å². The largest absolute Gasteiger partial charge is 0.494 e. The number of hydrogen-bond acceptors (Lipinski definition) is 5. The van der Waals surface area contributed by atoms with Gasteiger partial charge in [0.15, 0.2) is 0 Å². The molecule has 34 heavy (non-hydrogen) atoms. The first-order valence-corrected chi connectivity index (χ1v) is 11.0. The maximum Gasteiger partial charge on any atom is 0.341 e. The van der Waals surface area contributed by atoms with E-state index < -0.39 is 11.4 Å². The minimum absolute atomic E-state index is 0.270. The van der Waals surface area contributed by atoms with E-state index in [0.29, 0.717) is 48.3 Å². The van der Waals surface area contributed by atoms with Crippen LogP contribution in [0.5, 0.6) is 17.2 Å². The Kier molecular flexibility index (Phi) is 6.82. The number of benzene rings is 3. The molecule has 0 radical (unpaired) electrons. The molecule has 0 aliphatic rings. The highest BCUT2D eigenvalue weighted by Crippen LogP contribution is 2.29. The molecule has 0 spiro atoms. The van der Waals surface area contributed by atoms with Gasteiger partial charge in [-0.2, -0.15) is 0 Å². The van der Waals surface area contributed by atoms with E-state index in [2.05, 4.69) is 0 Å². The summed E-state index contributed by atoms with van der Waals surface area (Å²) in [5.74, 6) is 0.405. The second-order valence-electron chi connectivity index (χ2n) is 7.53. The molecule has 4 aromatic rings. The Morgan fingerprint density at radius 3 is 2.15 bits per heavy atom. The van der Waals surface area contributed by atoms with Gasteiger partial charge in [0, 0.05) is 35.8 Å². The third kappa shape index (κ3) is 4.88. The lowest BCUT2D eigenvalue weighted by Gasteiger charge is -2.16. The zero-order valence-electron chi connectivity index (χ0n) is 19.0. The molecule has 0 aliphatic heterocycles. The van der Waals surface area contributed by atoms with Crippen molar-refractivity contribution in [3.63, 3.8) is 0 Å². The van der Waals surface area contributed by atoms with Crippen LogP contribution in [0.25, 0.3) is 16.6 Å². The standard InChI is InChI=1S/C27H25NO6/c1-3-32-21-12-19(13-22(14-21)33-4-2)28-16-24(27(30)31)26(29)23-11-10-20(15-25(23)28)34-17-18-8-6-5-7-9-18/h5-16H,3-4,17H2,1-2H3,(H,30,31). The number of rotatable bonds is 9. The number of nitrogens with zero attached hydrogens (tertiary/aromatic N) is 1. The zero-order valence-corrected chi connectivity index (χ0v) is 19.0. The molecule has 0 fully saturated rings. The highest BCUT2D eigenvalue weighted by Gasteiger charge is 2.17. The molecule has 7 heteroatoms. The molecular formula is C27H25NO6. The van der Waals surface area contributed by atoms with Gasteiger partial charge < -0.3 is 23.9 Å². The smallest absolute Gasteiger partial charge is 0.341 e. The Morgan fingerprint density at radius 1 is 0.853 bits per heavy atom. The molecule has 1 aromatic heterocycles. The van der Waals surface area contributed by atoms with Gasteiger partial charge in [0.1, 0.15) is 29.4 Å². The van der Waals surface area contributed by atoms with E-state index in [0.717, 1.165) is 5.56 Å². The van der Waals surface area contributed by atoms with Crippen molar-refractivity contribution < 1.29 is 24.1 Å². The topological polar surface area (TPSA) is 87.0 Å². The molecule has 0 bridgehead atoms. The van der Waals surface area contributed by atoms with Gasteiger partial charge in [0.05, 0.1) is 24.4 Å². The minimum Gasteiger partial charge on any atom is -0.494 e. The molecular weight excluding hydrogens is 434 g/mol. The number of fused-ring (bicyclic) bond motifs is 1. The lowest BCUT2D eigenvalue weighted by molar-refractivity contribution is 0.0695. The monoisotopic (exact) mass is 459 g/mol. The van der Waals surface area contributed by atoms with Gasteiger partial charge in [-0.3, -0.25) is 4.79 Å². The molecule has 7 nitrogen and oxygen atoms in total. The van der Waals surface area contributed by atoms with Gasteiger partial charge in [-0.25, -0.2) is 4.79 Å². The normalized spacial score (nSPS) is 10.8. The van der Waals surface area contributed by atoms with Crippen LogP contribution in [0.3, 0.4) is 0 Å². The van der Waals surface area contributed by atoms with E-state index in [1.165, 1.54) is 6.20 Å². The number of carboxylic acids is 1. The van der Waals surface area contributed by atoms with Crippen molar-refractivity contribution in [1.29, 1.82) is 0 Å². The predicted molar refractivity (Wildman–Crippen MR) is 130 cm³/mol. The van der Waals surface area contributed by atoms with Gasteiger partial charge in [-0.1, -0.05) is 30.3 Å². The first-order valence-electron chi connectivity index (χ1n) is 11.0.